The van der Waals surface area contributed by atoms with Crippen LogP contribution in [0.15, 0.2) is 30.3 Å². The lowest BCUT2D eigenvalue weighted by Crippen LogP contribution is -2.51. The van der Waals surface area contributed by atoms with E-state index in [-0.39, 0.29) is 23.5 Å². The maximum absolute atomic E-state index is 12.4. The van der Waals surface area contributed by atoms with E-state index in [0.717, 1.165) is 12.8 Å². The zero-order chi connectivity index (χ0) is 19.7. The Bertz CT molecular complexity index is 676. The van der Waals surface area contributed by atoms with E-state index in [4.69, 9.17) is 10.5 Å². The first kappa shape index (κ1) is 19.7. The Morgan fingerprint density at radius 3 is 2.37 bits per heavy atom. The number of carbonyl (C=O) groups is 2. The Kier molecular flexibility index (Phi) is 5.47. The molecule has 1 aromatic rings. The number of carbonyl (C=O) groups excluding carboxylic acids is 2. The van der Waals surface area contributed by atoms with Crippen LogP contribution < -0.4 is 5.73 Å². The Hall–Kier alpha value is -2.08. The van der Waals surface area contributed by atoms with E-state index in [0.29, 0.717) is 32.6 Å². The molecular formula is C21H31N3O3. The van der Waals surface area contributed by atoms with Crippen LogP contribution in [0.2, 0.25) is 0 Å². The number of nitrogens with two attached hydrogens (primary N) is 1. The predicted molar refractivity (Wildman–Crippen MR) is 104 cm³/mol. The van der Waals surface area contributed by atoms with Gasteiger partial charge < -0.3 is 20.3 Å². The predicted octanol–water partition coefficient (Wildman–Crippen LogP) is 2.51. The van der Waals surface area contributed by atoms with Crippen molar-refractivity contribution in [1.29, 1.82) is 0 Å². The molecule has 3 rings (SSSR count). The van der Waals surface area contributed by atoms with Crippen LogP contribution in [0, 0.1) is 0 Å². The van der Waals surface area contributed by atoms with Crippen molar-refractivity contribution in [3.63, 3.8) is 0 Å². The summed E-state index contributed by atoms with van der Waals surface area (Å²) in [4.78, 5) is 28.4. The third-order valence-electron chi connectivity index (χ3n) is 5.50. The summed E-state index contributed by atoms with van der Waals surface area (Å²) in [5.41, 5.74) is 6.57. The molecule has 2 saturated heterocycles. The maximum atomic E-state index is 12.4. The molecular weight excluding hydrogens is 342 g/mol. The molecule has 0 aromatic heterocycles. The van der Waals surface area contributed by atoms with Gasteiger partial charge >= 0.3 is 6.09 Å². The Morgan fingerprint density at radius 1 is 1.22 bits per heavy atom. The molecule has 2 heterocycles. The van der Waals surface area contributed by atoms with Gasteiger partial charge in [0, 0.05) is 44.1 Å². The first-order valence-electron chi connectivity index (χ1n) is 9.75. The highest BCUT2D eigenvalue weighted by molar-refractivity contribution is 5.79. The Morgan fingerprint density at radius 2 is 1.85 bits per heavy atom. The van der Waals surface area contributed by atoms with E-state index in [1.54, 1.807) is 4.90 Å². The minimum absolute atomic E-state index is 0.0767. The molecule has 27 heavy (non-hydrogen) atoms. The van der Waals surface area contributed by atoms with Crippen LogP contribution in [0.1, 0.15) is 45.6 Å². The summed E-state index contributed by atoms with van der Waals surface area (Å²) in [6, 6.07) is 10.3. The molecule has 0 bridgehead atoms. The monoisotopic (exact) mass is 373 g/mol. The van der Waals surface area contributed by atoms with Crippen LogP contribution in [0.3, 0.4) is 0 Å². The third kappa shape index (κ3) is 4.61. The van der Waals surface area contributed by atoms with Crippen LogP contribution in [-0.2, 0) is 14.9 Å². The van der Waals surface area contributed by atoms with Crippen molar-refractivity contribution in [3.05, 3.63) is 35.9 Å². The Labute approximate surface area is 161 Å². The average molecular weight is 373 g/mol. The van der Waals surface area contributed by atoms with Gasteiger partial charge in [-0.1, -0.05) is 30.3 Å². The van der Waals surface area contributed by atoms with Crippen molar-refractivity contribution >= 4 is 12.0 Å². The fourth-order valence-electron chi connectivity index (χ4n) is 4.09. The van der Waals surface area contributed by atoms with Gasteiger partial charge in [0.05, 0.1) is 0 Å². The topological polar surface area (TPSA) is 75.9 Å². The van der Waals surface area contributed by atoms with Crippen LogP contribution in [0.5, 0.6) is 0 Å². The second kappa shape index (κ2) is 7.50. The molecule has 0 saturated carbocycles. The standard InChI is InChI=1S/C21H31N3O3/c1-20(2,3)27-19(26)23-11-9-21(10-12-23,16-7-5-4-6-8-16)15-24-14-17(22)13-18(24)25/h4-8,17H,9-15,22H2,1-3H3. The minimum Gasteiger partial charge on any atom is -0.444 e. The summed E-state index contributed by atoms with van der Waals surface area (Å²) < 4.78 is 5.52. The van der Waals surface area contributed by atoms with Gasteiger partial charge in [-0.25, -0.2) is 4.79 Å². The smallest absolute Gasteiger partial charge is 0.410 e. The first-order valence-corrected chi connectivity index (χ1v) is 9.75. The average Bonchev–Trinajstić information content (AvgIpc) is 2.92. The van der Waals surface area contributed by atoms with Crippen LogP contribution in [-0.4, -0.2) is 59.6 Å². The van der Waals surface area contributed by atoms with Crippen molar-refractivity contribution in [2.24, 2.45) is 5.73 Å². The van der Waals surface area contributed by atoms with Crippen molar-refractivity contribution in [2.45, 2.75) is 57.1 Å². The molecule has 1 unspecified atom stereocenters. The van der Waals surface area contributed by atoms with E-state index in [1.165, 1.54) is 5.56 Å². The molecule has 2 aliphatic rings. The number of piperidine rings is 1. The number of likely N-dealkylation sites (tertiary alicyclic amines) is 2. The second-order valence-corrected chi connectivity index (χ2v) is 8.85. The van der Waals surface area contributed by atoms with Crippen molar-refractivity contribution in [3.8, 4) is 0 Å². The minimum atomic E-state index is -0.497. The number of ether oxygens (including phenoxy) is 1. The molecule has 1 atom stereocenters. The summed E-state index contributed by atoms with van der Waals surface area (Å²) in [6.07, 6.45) is 1.77. The van der Waals surface area contributed by atoms with Gasteiger partial charge in [0.2, 0.25) is 5.91 Å². The van der Waals surface area contributed by atoms with E-state index < -0.39 is 5.60 Å². The fraction of sp³-hybridized carbons (Fsp3) is 0.619. The summed E-state index contributed by atoms with van der Waals surface area (Å²) in [7, 11) is 0. The van der Waals surface area contributed by atoms with Crippen molar-refractivity contribution < 1.29 is 14.3 Å². The molecule has 0 radical (unpaired) electrons. The largest absolute Gasteiger partial charge is 0.444 e. The van der Waals surface area contributed by atoms with Gasteiger partial charge in [-0.05, 0) is 39.2 Å². The lowest BCUT2D eigenvalue weighted by atomic mass is 9.72. The summed E-state index contributed by atoms with van der Waals surface area (Å²) in [5, 5.41) is 0. The van der Waals surface area contributed by atoms with Gasteiger partial charge in [0.25, 0.3) is 0 Å². The summed E-state index contributed by atoms with van der Waals surface area (Å²) >= 11 is 0. The highest BCUT2D eigenvalue weighted by atomic mass is 16.6. The maximum Gasteiger partial charge on any atom is 0.410 e. The van der Waals surface area contributed by atoms with Crippen molar-refractivity contribution in [1.82, 2.24) is 9.80 Å². The normalized spacial score (nSPS) is 22.8. The summed E-state index contributed by atoms with van der Waals surface area (Å²) in [5.74, 6) is 0.132. The lowest BCUT2D eigenvalue weighted by Gasteiger charge is -2.44. The molecule has 6 nitrogen and oxygen atoms in total. The molecule has 148 valence electrons. The molecule has 2 aliphatic heterocycles. The van der Waals surface area contributed by atoms with Gasteiger partial charge in [0.1, 0.15) is 5.60 Å². The number of benzene rings is 1. The zero-order valence-electron chi connectivity index (χ0n) is 16.6. The molecule has 0 aliphatic carbocycles. The summed E-state index contributed by atoms with van der Waals surface area (Å²) in [6.45, 7) is 8.16. The van der Waals surface area contributed by atoms with E-state index >= 15 is 0 Å². The fourth-order valence-corrected chi connectivity index (χ4v) is 4.09. The van der Waals surface area contributed by atoms with Gasteiger partial charge in [-0.2, -0.15) is 0 Å². The number of amides is 2. The quantitative estimate of drug-likeness (QED) is 0.883. The van der Waals surface area contributed by atoms with E-state index in [1.807, 2.05) is 43.9 Å². The van der Waals surface area contributed by atoms with E-state index in [9.17, 15) is 9.59 Å². The number of hydrogen-bond acceptors (Lipinski definition) is 4. The number of hydrogen-bond donors (Lipinski definition) is 1. The van der Waals surface area contributed by atoms with Crippen LogP contribution in [0.4, 0.5) is 4.79 Å². The van der Waals surface area contributed by atoms with Gasteiger partial charge in [-0.3, -0.25) is 4.79 Å². The first-order chi connectivity index (χ1) is 12.7. The molecule has 0 spiro atoms. The molecule has 2 amide bonds. The van der Waals surface area contributed by atoms with E-state index in [2.05, 4.69) is 12.1 Å². The highest BCUT2D eigenvalue weighted by Gasteiger charge is 2.42. The Balaban J connectivity index is 1.76. The third-order valence-corrected chi connectivity index (χ3v) is 5.50. The molecule has 1 aromatic carbocycles. The molecule has 2 N–H and O–H groups in total. The highest BCUT2D eigenvalue weighted by Crippen LogP contribution is 2.37. The molecule has 2 fully saturated rings. The number of nitrogens with zero attached hydrogens (tertiary/aromatic N) is 2. The van der Waals surface area contributed by atoms with Crippen LogP contribution >= 0.6 is 0 Å². The lowest BCUT2D eigenvalue weighted by molar-refractivity contribution is -0.128. The SMILES string of the molecule is CC(C)(C)OC(=O)N1CCC(CN2CC(N)CC2=O)(c2ccccc2)CC1. The van der Waals surface area contributed by atoms with Crippen LogP contribution in [0.25, 0.3) is 0 Å². The molecule has 6 heteroatoms. The second-order valence-electron chi connectivity index (χ2n) is 8.85. The van der Waals surface area contributed by atoms with Crippen molar-refractivity contribution in [2.75, 3.05) is 26.2 Å². The number of rotatable bonds is 3. The van der Waals surface area contributed by atoms with Gasteiger partial charge in [-0.15, -0.1) is 0 Å². The zero-order valence-corrected chi connectivity index (χ0v) is 16.6. The van der Waals surface area contributed by atoms with Gasteiger partial charge in [0.15, 0.2) is 0 Å².